The molecule has 1 aliphatic carbocycles. The minimum atomic E-state index is -0.262. The van der Waals surface area contributed by atoms with Gasteiger partial charge in [0.1, 0.15) is 12.4 Å². The molecule has 0 heterocycles. The van der Waals surface area contributed by atoms with Crippen molar-refractivity contribution in [3.63, 3.8) is 0 Å². The highest BCUT2D eigenvalue weighted by Gasteiger charge is 2.33. The molecule has 0 bridgehead atoms. The predicted octanol–water partition coefficient (Wildman–Crippen LogP) is 1.86. The Kier molecular flexibility index (Phi) is 4.72. The fourth-order valence-electron chi connectivity index (χ4n) is 2.84. The fourth-order valence-corrected chi connectivity index (χ4v) is 2.84. The van der Waals surface area contributed by atoms with Crippen LogP contribution in [0.4, 0.5) is 4.39 Å². The first-order chi connectivity index (χ1) is 11.1. The lowest BCUT2D eigenvalue weighted by atomic mass is 10.0. The van der Waals surface area contributed by atoms with Crippen molar-refractivity contribution in [3.05, 3.63) is 71.5 Å². The summed E-state index contributed by atoms with van der Waals surface area (Å²) < 4.78 is 13.1. The number of nitrogens with one attached hydrogen (secondary N) is 2. The highest BCUT2D eigenvalue weighted by Crippen LogP contribution is 2.20. The number of hydrogen-bond donors (Lipinski definition) is 2. The molecule has 120 valence electrons. The maximum atomic E-state index is 13.1. The van der Waals surface area contributed by atoms with Crippen LogP contribution in [0.25, 0.3) is 0 Å². The Morgan fingerprint density at radius 2 is 1.83 bits per heavy atom. The quantitative estimate of drug-likeness (QED) is 0.838. The molecule has 1 amide bonds. The molecule has 1 unspecified atom stereocenters. The average molecular weight is 313 g/mol. The van der Waals surface area contributed by atoms with E-state index in [4.69, 9.17) is 0 Å². The molecule has 0 saturated heterocycles. The van der Waals surface area contributed by atoms with E-state index < -0.39 is 0 Å². The summed E-state index contributed by atoms with van der Waals surface area (Å²) in [5, 5.41) is 3.11. The SMILES string of the molecule is C[NH+](Cc1ccc(F)cc1)[C@@H](C(=O)NC1CC1)c1ccccc1. The molecule has 1 aliphatic rings. The highest BCUT2D eigenvalue weighted by atomic mass is 19.1. The molecule has 2 atom stereocenters. The molecule has 1 saturated carbocycles. The Morgan fingerprint density at radius 3 is 2.43 bits per heavy atom. The molecule has 2 N–H and O–H groups in total. The van der Waals surface area contributed by atoms with Gasteiger partial charge in [-0.3, -0.25) is 4.79 Å². The molecule has 23 heavy (non-hydrogen) atoms. The van der Waals surface area contributed by atoms with Crippen LogP contribution >= 0.6 is 0 Å². The first-order valence-electron chi connectivity index (χ1n) is 8.05. The standard InChI is InChI=1S/C19H21FN2O/c1-22(13-14-7-9-16(20)10-8-14)18(15-5-3-2-4-6-15)19(23)21-17-11-12-17/h2-10,17-18H,11-13H2,1H3,(H,21,23)/p+1/t18-/m1/s1. The van der Waals surface area contributed by atoms with Crippen molar-refractivity contribution in [2.24, 2.45) is 0 Å². The Labute approximate surface area is 136 Å². The van der Waals surface area contributed by atoms with E-state index in [1.54, 1.807) is 12.1 Å². The Morgan fingerprint density at radius 1 is 1.17 bits per heavy atom. The number of rotatable bonds is 6. The molecule has 2 aromatic carbocycles. The van der Waals surface area contributed by atoms with Gasteiger partial charge < -0.3 is 10.2 Å². The van der Waals surface area contributed by atoms with Gasteiger partial charge in [0.05, 0.1) is 7.05 Å². The highest BCUT2D eigenvalue weighted by molar-refractivity contribution is 5.82. The third-order valence-electron chi connectivity index (χ3n) is 4.21. The van der Waals surface area contributed by atoms with Gasteiger partial charge in [-0.25, -0.2) is 4.39 Å². The van der Waals surface area contributed by atoms with Gasteiger partial charge in [0.15, 0.2) is 6.04 Å². The molecule has 0 aliphatic heterocycles. The Hall–Kier alpha value is -2.20. The van der Waals surface area contributed by atoms with Crippen LogP contribution in [0.3, 0.4) is 0 Å². The van der Waals surface area contributed by atoms with E-state index in [0.29, 0.717) is 12.6 Å². The molecule has 0 radical (unpaired) electrons. The monoisotopic (exact) mass is 313 g/mol. The van der Waals surface area contributed by atoms with Crippen molar-refractivity contribution in [2.75, 3.05) is 7.05 Å². The molecule has 1 fully saturated rings. The van der Waals surface area contributed by atoms with Gasteiger partial charge in [-0.1, -0.05) is 42.5 Å². The van der Waals surface area contributed by atoms with Crippen molar-refractivity contribution >= 4 is 5.91 Å². The number of likely N-dealkylation sites (N-methyl/N-ethyl adjacent to an activating group) is 1. The van der Waals surface area contributed by atoms with Crippen LogP contribution in [0, 0.1) is 5.82 Å². The first-order valence-corrected chi connectivity index (χ1v) is 8.05. The number of halogens is 1. The van der Waals surface area contributed by atoms with Crippen LogP contribution in [-0.4, -0.2) is 19.0 Å². The summed E-state index contributed by atoms with van der Waals surface area (Å²) in [6.07, 6.45) is 2.15. The van der Waals surface area contributed by atoms with E-state index in [2.05, 4.69) is 5.32 Å². The summed E-state index contributed by atoms with van der Waals surface area (Å²) in [6, 6.07) is 16.4. The van der Waals surface area contributed by atoms with Gasteiger partial charge in [-0.15, -0.1) is 0 Å². The average Bonchev–Trinajstić information content (AvgIpc) is 3.35. The minimum absolute atomic E-state index is 0.0679. The van der Waals surface area contributed by atoms with Crippen molar-refractivity contribution in [3.8, 4) is 0 Å². The Bertz CT molecular complexity index is 653. The molecular weight excluding hydrogens is 291 g/mol. The topological polar surface area (TPSA) is 33.5 Å². The molecule has 0 spiro atoms. The van der Waals surface area contributed by atoms with Crippen LogP contribution in [0.15, 0.2) is 54.6 Å². The van der Waals surface area contributed by atoms with Gasteiger partial charge in [0.25, 0.3) is 5.91 Å². The summed E-state index contributed by atoms with van der Waals surface area (Å²) in [6.45, 7) is 0.665. The van der Waals surface area contributed by atoms with Crippen molar-refractivity contribution < 1.29 is 14.1 Å². The second-order valence-corrected chi connectivity index (χ2v) is 6.28. The summed E-state index contributed by atoms with van der Waals surface area (Å²) in [5.41, 5.74) is 2.02. The molecule has 4 heteroatoms. The van der Waals surface area contributed by atoms with Gasteiger partial charge in [-0.2, -0.15) is 0 Å². The smallest absolute Gasteiger partial charge is 0.283 e. The number of quaternary nitrogens is 1. The number of benzene rings is 2. The van der Waals surface area contributed by atoms with Gasteiger partial charge >= 0.3 is 0 Å². The van der Waals surface area contributed by atoms with E-state index in [1.165, 1.54) is 12.1 Å². The van der Waals surface area contributed by atoms with E-state index in [9.17, 15) is 9.18 Å². The Balaban J connectivity index is 1.78. The van der Waals surface area contributed by atoms with Crippen LogP contribution < -0.4 is 10.2 Å². The summed E-state index contributed by atoms with van der Waals surface area (Å²) >= 11 is 0. The van der Waals surface area contributed by atoms with Gasteiger partial charge in [0, 0.05) is 17.2 Å². The normalized spacial score (nSPS) is 16.6. The van der Waals surface area contributed by atoms with Crippen LogP contribution in [0.5, 0.6) is 0 Å². The number of carbonyl (C=O) groups excluding carboxylic acids is 1. The lowest BCUT2D eigenvalue weighted by Gasteiger charge is -2.24. The number of hydrogen-bond acceptors (Lipinski definition) is 1. The molecule has 0 aromatic heterocycles. The van der Waals surface area contributed by atoms with E-state index >= 15 is 0 Å². The van der Waals surface area contributed by atoms with Crippen LogP contribution in [0.2, 0.25) is 0 Å². The third-order valence-corrected chi connectivity index (χ3v) is 4.21. The van der Waals surface area contributed by atoms with Crippen molar-refractivity contribution in [1.29, 1.82) is 0 Å². The molecule has 3 rings (SSSR count). The molecule has 2 aromatic rings. The maximum Gasteiger partial charge on any atom is 0.283 e. The van der Waals surface area contributed by atoms with Crippen molar-refractivity contribution in [2.45, 2.75) is 31.5 Å². The van der Waals surface area contributed by atoms with Crippen LogP contribution in [0.1, 0.15) is 30.0 Å². The third kappa shape index (κ3) is 4.17. The van der Waals surface area contributed by atoms with Crippen LogP contribution in [-0.2, 0) is 11.3 Å². The fraction of sp³-hybridized carbons (Fsp3) is 0.316. The lowest BCUT2D eigenvalue weighted by Crippen LogP contribution is -3.09. The summed E-state index contributed by atoms with van der Waals surface area (Å²) in [7, 11) is 2.01. The largest absolute Gasteiger partial charge is 0.348 e. The molecular formula is C19H22FN2O+. The van der Waals surface area contributed by atoms with E-state index in [1.807, 2.05) is 37.4 Å². The second-order valence-electron chi connectivity index (χ2n) is 6.28. The molecule has 3 nitrogen and oxygen atoms in total. The van der Waals surface area contributed by atoms with Crippen molar-refractivity contribution in [1.82, 2.24) is 5.32 Å². The van der Waals surface area contributed by atoms with E-state index in [-0.39, 0.29) is 17.8 Å². The zero-order valence-electron chi connectivity index (χ0n) is 13.3. The summed E-state index contributed by atoms with van der Waals surface area (Å²) in [5.74, 6) is -0.171. The number of carbonyl (C=O) groups is 1. The van der Waals surface area contributed by atoms with Gasteiger partial charge in [0.2, 0.25) is 0 Å². The number of amides is 1. The van der Waals surface area contributed by atoms with E-state index in [0.717, 1.165) is 28.9 Å². The zero-order valence-corrected chi connectivity index (χ0v) is 13.3. The first kappa shape index (κ1) is 15.7. The minimum Gasteiger partial charge on any atom is -0.348 e. The maximum absolute atomic E-state index is 13.1. The second kappa shape index (κ2) is 6.92. The predicted molar refractivity (Wildman–Crippen MR) is 87.3 cm³/mol. The van der Waals surface area contributed by atoms with Gasteiger partial charge in [-0.05, 0) is 25.0 Å². The summed E-state index contributed by atoms with van der Waals surface area (Å²) in [4.78, 5) is 13.8. The lowest BCUT2D eigenvalue weighted by molar-refractivity contribution is -0.916. The zero-order chi connectivity index (χ0) is 16.2.